The molecule has 0 amide bonds. The molecule has 136 valence electrons. The molecule has 0 aliphatic carbocycles. The molecule has 1 atom stereocenters. The van der Waals surface area contributed by atoms with Gasteiger partial charge in [-0.15, -0.1) is 11.8 Å². The summed E-state index contributed by atoms with van der Waals surface area (Å²) in [7, 11) is 0. The van der Waals surface area contributed by atoms with Crippen LogP contribution >= 0.6 is 23.4 Å². The topological polar surface area (TPSA) is 46.5 Å². The molecule has 0 bridgehead atoms. The lowest BCUT2D eigenvalue weighted by molar-refractivity contribution is -0.144. The highest BCUT2D eigenvalue weighted by Crippen LogP contribution is 2.25. The maximum absolute atomic E-state index is 11.0. The standard InChI is InChI=1S/C21H21ClO3S/c1-4-11-26-19-9-5-14(2)16(13-19)6-7-17-12-18(22)8-10-20(17)25-15(3)21(23)24/h5,8-10,12-13,15H,4,11H2,1-3H3,(H,23,24). The number of benzene rings is 2. The van der Waals surface area contributed by atoms with E-state index in [9.17, 15) is 4.79 Å². The van der Waals surface area contributed by atoms with Gasteiger partial charge in [-0.25, -0.2) is 4.79 Å². The fourth-order valence-electron chi connectivity index (χ4n) is 2.12. The van der Waals surface area contributed by atoms with Crippen LogP contribution in [-0.2, 0) is 4.79 Å². The molecule has 0 saturated heterocycles. The first kappa shape index (κ1) is 20.2. The molecule has 0 saturated carbocycles. The number of carboxylic acid groups (broad SMARTS) is 1. The second kappa shape index (κ2) is 9.56. The molecule has 0 aromatic heterocycles. The van der Waals surface area contributed by atoms with Crippen LogP contribution in [0, 0.1) is 18.8 Å². The quantitative estimate of drug-likeness (QED) is 0.531. The van der Waals surface area contributed by atoms with Gasteiger partial charge >= 0.3 is 5.97 Å². The predicted octanol–water partition coefficient (Wildman–Crippen LogP) is 5.40. The van der Waals surface area contributed by atoms with E-state index in [1.807, 2.05) is 6.92 Å². The van der Waals surface area contributed by atoms with Gasteiger partial charge in [0, 0.05) is 15.5 Å². The summed E-state index contributed by atoms with van der Waals surface area (Å²) in [6, 6.07) is 11.2. The predicted molar refractivity (Wildman–Crippen MR) is 107 cm³/mol. The van der Waals surface area contributed by atoms with Crippen LogP contribution in [0.1, 0.15) is 37.0 Å². The van der Waals surface area contributed by atoms with Crippen molar-refractivity contribution in [1.29, 1.82) is 0 Å². The summed E-state index contributed by atoms with van der Waals surface area (Å²) >= 11 is 7.87. The minimum atomic E-state index is -1.03. The zero-order valence-corrected chi connectivity index (χ0v) is 16.6. The van der Waals surface area contributed by atoms with Gasteiger partial charge in [0.05, 0.1) is 5.56 Å². The minimum absolute atomic E-state index is 0.408. The van der Waals surface area contributed by atoms with E-state index in [0.717, 1.165) is 23.3 Å². The number of hydrogen-bond acceptors (Lipinski definition) is 3. The lowest BCUT2D eigenvalue weighted by Crippen LogP contribution is -2.23. The van der Waals surface area contributed by atoms with Gasteiger partial charge in [-0.1, -0.05) is 36.4 Å². The van der Waals surface area contributed by atoms with E-state index >= 15 is 0 Å². The SMILES string of the molecule is CCCSc1ccc(C)c(C#Cc2cc(Cl)ccc2OC(C)C(=O)O)c1. The largest absolute Gasteiger partial charge is 0.479 e. The number of ether oxygens (including phenoxy) is 1. The lowest BCUT2D eigenvalue weighted by Gasteiger charge is -2.12. The lowest BCUT2D eigenvalue weighted by atomic mass is 10.1. The fraction of sp³-hybridized carbons (Fsp3) is 0.286. The highest BCUT2D eigenvalue weighted by Gasteiger charge is 2.14. The summed E-state index contributed by atoms with van der Waals surface area (Å²) in [6.45, 7) is 5.65. The van der Waals surface area contributed by atoms with E-state index in [1.165, 1.54) is 11.8 Å². The van der Waals surface area contributed by atoms with Crippen molar-refractivity contribution in [3.8, 4) is 17.6 Å². The van der Waals surface area contributed by atoms with Crippen molar-refractivity contribution >= 4 is 29.3 Å². The smallest absolute Gasteiger partial charge is 0.344 e. The van der Waals surface area contributed by atoms with E-state index in [2.05, 4.69) is 37.0 Å². The number of hydrogen-bond donors (Lipinski definition) is 1. The Hall–Kier alpha value is -2.09. The van der Waals surface area contributed by atoms with Crippen molar-refractivity contribution in [2.45, 2.75) is 38.2 Å². The maximum atomic E-state index is 11.0. The van der Waals surface area contributed by atoms with Gasteiger partial charge in [0.25, 0.3) is 0 Å². The highest BCUT2D eigenvalue weighted by molar-refractivity contribution is 7.99. The molecule has 0 radical (unpaired) electrons. The van der Waals surface area contributed by atoms with Crippen molar-refractivity contribution in [3.63, 3.8) is 0 Å². The third-order valence-corrected chi connectivity index (χ3v) is 5.04. The molecule has 0 aliphatic heterocycles. The number of carbonyl (C=O) groups is 1. The van der Waals surface area contributed by atoms with Gasteiger partial charge in [0.1, 0.15) is 5.75 Å². The number of halogens is 1. The second-order valence-electron chi connectivity index (χ2n) is 5.81. The van der Waals surface area contributed by atoms with Gasteiger partial charge in [-0.2, -0.15) is 0 Å². The van der Waals surface area contributed by atoms with E-state index < -0.39 is 12.1 Å². The van der Waals surface area contributed by atoms with Crippen LogP contribution in [0.4, 0.5) is 0 Å². The molecule has 26 heavy (non-hydrogen) atoms. The Morgan fingerprint density at radius 2 is 1.96 bits per heavy atom. The van der Waals surface area contributed by atoms with Gasteiger partial charge in [0.2, 0.25) is 0 Å². The number of aryl methyl sites for hydroxylation is 1. The zero-order chi connectivity index (χ0) is 19.1. The third kappa shape index (κ3) is 5.72. The van der Waals surface area contributed by atoms with Crippen LogP contribution in [0.15, 0.2) is 41.3 Å². The van der Waals surface area contributed by atoms with E-state index in [4.69, 9.17) is 21.4 Å². The van der Waals surface area contributed by atoms with Crippen molar-refractivity contribution in [3.05, 3.63) is 58.1 Å². The van der Waals surface area contributed by atoms with Gasteiger partial charge in [-0.3, -0.25) is 0 Å². The summed E-state index contributed by atoms with van der Waals surface area (Å²) in [5.41, 5.74) is 2.58. The molecular weight excluding hydrogens is 368 g/mol. The minimum Gasteiger partial charge on any atom is -0.479 e. The second-order valence-corrected chi connectivity index (χ2v) is 7.42. The van der Waals surface area contributed by atoms with Crippen molar-refractivity contribution in [1.82, 2.24) is 0 Å². The van der Waals surface area contributed by atoms with Crippen LogP contribution in [-0.4, -0.2) is 22.9 Å². The molecule has 2 aromatic carbocycles. The number of carboxylic acids is 1. The van der Waals surface area contributed by atoms with E-state index in [0.29, 0.717) is 16.3 Å². The Labute approximate surface area is 163 Å². The summed E-state index contributed by atoms with van der Waals surface area (Å²) in [5, 5.41) is 9.57. The Morgan fingerprint density at radius 1 is 1.23 bits per heavy atom. The summed E-state index contributed by atoms with van der Waals surface area (Å²) in [4.78, 5) is 12.2. The average molecular weight is 389 g/mol. The Kier molecular flexibility index (Phi) is 7.44. The first-order valence-electron chi connectivity index (χ1n) is 8.35. The highest BCUT2D eigenvalue weighted by atomic mass is 35.5. The summed E-state index contributed by atoms with van der Waals surface area (Å²) in [6.07, 6.45) is 0.150. The molecule has 2 aromatic rings. The first-order chi connectivity index (χ1) is 12.4. The normalized spacial score (nSPS) is 11.4. The third-order valence-electron chi connectivity index (χ3n) is 3.61. The number of aliphatic carboxylic acids is 1. The maximum Gasteiger partial charge on any atom is 0.344 e. The van der Waals surface area contributed by atoms with Crippen LogP contribution < -0.4 is 4.74 Å². The Balaban J connectivity index is 2.34. The molecule has 2 rings (SSSR count). The summed E-state index contributed by atoms with van der Waals surface area (Å²) < 4.78 is 5.49. The number of thioether (sulfide) groups is 1. The molecule has 0 spiro atoms. The average Bonchev–Trinajstić information content (AvgIpc) is 2.61. The van der Waals surface area contributed by atoms with Crippen molar-refractivity contribution in [2.75, 3.05) is 5.75 Å². The molecule has 0 fully saturated rings. The number of rotatable bonds is 6. The van der Waals surface area contributed by atoms with E-state index in [-0.39, 0.29) is 0 Å². The van der Waals surface area contributed by atoms with Crippen molar-refractivity contribution < 1.29 is 14.6 Å². The first-order valence-corrected chi connectivity index (χ1v) is 9.71. The molecule has 0 heterocycles. The molecule has 1 unspecified atom stereocenters. The monoisotopic (exact) mass is 388 g/mol. The van der Waals surface area contributed by atoms with Crippen LogP contribution in [0.5, 0.6) is 5.75 Å². The van der Waals surface area contributed by atoms with Crippen LogP contribution in [0.3, 0.4) is 0 Å². The molecule has 1 N–H and O–H groups in total. The van der Waals surface area contributed by atoms with Crippen molar-refractivity contribution in [2.24, 2.45) is 0 Å². The zero-order valence-electron chi connectivity index (χ0n) is 15.0. The fourth-order valence-corrected chi connectivity index (χ4v) is 3.10. The van der Waals surface area contributed by atoms with Gasteiger partial charge < -0.3 is 9.84 Å². The molecule has 0 aliphatic rings. The Bertz CT molecular complexity index is 852. The molecular formula is C21H21ClO3S. The Morgan fingerprint density at radius 3 is 2.65 bits per heavy atom. The van der Waals surface area contributed by atoms with Gasteiger partial charge in [-0.05, 0) is 61.9 Å². The van der Waals surface area contributed by atoms with Crippen LogP contribution in [0.25, 0.3) is 0 Å². The summed E-state index contributed by atoms with van der Waals surface area (Å²) in [5.74, 6) is 6.68. The van der Waals surface area contributed by atoms with Gasteiger partial charge in [0.15, 0.2) is 6.10 Å². The molecule has 5 heteroatoms. The van der Waals surface area contributed by atoms with E-state index in [1.54, 1.807) is 30.0 Å². The molecule has 3 nitrogen and oxygen atoms in total. The van der Waals surface area contributed by atoms with Crippen LogP contribution in [0.2, 0.25) is 5.02 Å².